The predicted octanol–water partition coefficient (Wildman–Crippen LogP) is 4.50. The molecule has 2 unspecified atom stereocenters. The van der Waals surface area contributed by atoms with Crippen molar-refractivity contribution in [3.05, 3.63) is 28.8 Å². The molecule has 2 atom stereocenters. The highest BCUT2D eigenvalue weighted by Gasteiger charge is 2.34. The summed E-state index contributed by atoms with van der Waals surface area (Å²) in [6.07, 6.45) is 2.46. The van der Waals surface area contributed by atoms with Crippen molar-refractivity contribution in [2.75, 3.05) is 6.54 Å². The van der Waals surface area contributed by atoms with Crippen LogP contribution in [-0.2, 0) is 5.41 Å². The zero-order chi connectivity index (χ0) is 14.9. The Hall–Kier alpha value is -1.02. The van der Waals surface area contributed by atoms with Crippen molar-refractivity contribution >= 4 is 0 Å². The van der Waals surface area contributed by atoms with Gasteiger partial charge >= 0.3 is 0 Å². The highest BCUT2D eigenvalue weighted by molar-refractivity contribution is 5.50. The highest BCUT2D eigenvalue weighted by Crippen LogP contribution is 2.42. The Balaban J connectivity index is 2.42. The minimum atomic E-state index is 0.180. The maximum absolute atomic E-state index is 6.20. The second-order valence-corrected chi connectivity index (χ2v) is 6.96. The lowest BCUT2D eigenvalue weighted by Gasteiger charge is -2.22. The van der Waals surface area contributed by atoms with Crippen molar-refractivity contribution in [2.45, 2.75) is 71.9 Å². The van der Waals surface area contributed by atoms with E-state index in [1.165, 1.54) is 16.7 Å². The number of aryl methyl sites for hydroxylation is 1. The number of ether oxygens (including phenoxy) is 1. The standard InChI is InChI=1S/C18H29NO/c1-7-9-19-16-14-11-13(18(4,5)6)10-12(3)17(14)20-15(16)8-2/h10-11,15-16,19H,7-9H2,1-6H3. The van der Waals surface area contributed by atoms with Gasteiger partial charge in [-0.25, -0.2) is 0 Å². The Labute approximate surface area is 123 Å². The van der Waals surface area contributed by atoms with E-state index in [2.05, 4.69) is 59.0 Å². The van der Waals surface area contributed by atoms with Crippen molar-refractivity contribution in [1.29, 1.82) is 0 Å². The molecule has 0 fully saturated rings. The van der Waals surface area contributed by atoms with Crippen LogP contribution in [0, 0.1) is 6.92 Å². The van der Waals surface area contributed by atoms with Crippen LogP contribution in [0.4, 0.5) is 0 Å². The molecule has 2 rings (SSSR count). The van der Waals surface area contributed by atoms with Crippen molar-refractivity contribution in [3.63, 3.8) is 0 Å². The van der Waals surface area contributed by atoms with Crippen LogP contribution in [0.25, 0.3) is 0 Å². The largest absolute Gasteiger partial charge is 0.488 e. The summed E-state index contributed by atoms with van der Waals surface area (Å²) >= 11 is 0. The van der Waals surface area contributed by atoms with E-state index >= 15 is 0 Å². The molecule has 1 aromatic rings. The molecular weight excluding hydrogens is 246 g/mol. The molecule has 20 heavy (non-hydrogen) atoms. The van der Waals surface area contributed by atoms with Gasteiger partial charge < -0.3 is 10.1 Å². The third-order valence-corrected chi connectivity index (χ3v) is 4.16. The van der Waals surface area contributed by atoms with Crippen LogP contribution in [0.5, 0.6) is 5.75 Å². The average Bonchev–Trinajstić information content (AvgIpc) is 2.73. The minimum absolute atomic E-state index is 0.180. The molecule has 1 aromatic carbocycles. The third-order valence-electron chi connectivity index (χ3n) is 4.16. The maximum atomic E-state index is 6.20. The summed E-state index contributed by atoms with van der Waals surface area (Å²) in [5.41, 5.74) is 4.21. The SMILES string of the molecule is CCCNC1c2cc(C(C)(C)C)cc(C)c2OC1CC. The minimum Gasteiger partial charge on any atom is -0.488 e. The molecule has 0 spiro atoms. The van der Waals surface area contributed by atoms with Gasteiger partial charge in [-0.15, -0.1) is 0 Å². The first-order valence-corrected chi connectivity index (χ1v) is 7.93. The predicted molar refractivity (Wildman–Crippen MR) is 85.6 cm³/mol. The van der Waals surface area contributed by atoms with Crippen molar-refractivity contribution in [3.8, 4) is 5.75 Å². The smallest absolute Gasteiger partial charge is 0.127 e. The topological polar surface area (TPSA) is 21.3 Å². The van der Waals surface area contributed by atoms with Crippen LogP contribution in [0.2, 0.25) is 0 Å². The first-order valence-electron chi connectivity index (χ1n) is 7.93. The highest BCUT2D eigenvalue weighted by atomic mass is 16.5. The number of hydrogen-bond acceptors (Lipinski definition) is 2. The molecule has 0 radical (unpaired) electrons. The van der Waals surface area contributed by atoms with Gasteiger partial charge in [-0.3, -0.25) is 0 Å². The van der Waals surface area contributed by atoms with Gasteiger partial charge in [-0.1, -0.05) is 40.7 Å². The Bertz CT molecular complexity index is 473. The lowest BCUT2D eigenvalue weighted by atomic mass is 9.84. The van der Waals surface area contributed by atoms with E-state index in [0.29, 0.717) is 6.04 Å². The van der Waals surface area contributed by atoms with Crippen molar-refractivity contribution in [1.82, 2.24) is 5.32 Å². The second-order valence-electron chi connectivity index (χ2n) is 6.96. The molecule has 112 valence electrons. The monoisotopic (exact) mass is 275 g/mol. The van der Waals surface area contributed by atoms with Crippen LogP contribution in [0.15, 0.2) is 12.1 Å². The van der Waals surface area contributed by atoms with Gasteiger partial charge in [0, 0.05) is 5.56 Å². The van der Waals surface area contributed by atoms with Gasteiger partial charge in [-0.2, -0.15) is 0 Å². The molecule has 2 heteroatoms. The van der Waals surface area contributed by atoms with Crippen molar-refractivity contribution in [2.24, 2.45) is 0 Å². The zero-order valence-electron chi connectivity index (χ0n) is 13.8. The van der Waals surface area contributed by atoms with Gasteiger partial charge in [0.15, 0.2) is 0 Å². The number of benzene rings is 1. The summed E-state index contributed by atoms with van der Waals surface area (Å²) in [6.45, 7) is 14.5. The first-order chi connectivity index (χ1) is 9.38. The number of rotatable bonds is 4. The molecule has 0 amide bonds. The Kier molecular flexibility index (Phi) is 4.43. The Morgan fingerprint density at radius 1 is 1.20 bits per heavy atom. The molecule has 0 saturated carbocycles. The van der Waals surface area contributed by atoms with E-state index in [1.54, 1.807) is 0 Å². The molecule has 1 aliphatic heterocycles. The van der Waals surface area contributed by atoms with E-state index < -0.39 is 0 Å². The van der Waals surface area contributed by atoms with Crippen LogP contribution in [0.1, 0.15) is 70.2 Å². The molecule has 2 nitrogen and oxygen atoms in total. The van der Waals surface area contributed by atoms with E-state index in [9.17, 15) is 0 Å². The van der Waals surface area contributed by atoms with E-state index in [0.717, 1.165) is 25.1 Å². The first kappa shape index (κ1) is 15.4. The fraction of sp³-hybridized carbons (Fsp3) is 0.667. The lowest BCUT2D eigenvalue weighted by molar-refractivity contribution is 0.184. The van der Waals surface area contributed by atoms with Gasteiger partial charge in [0.25, 0.3) is 0 Å². The van der Waals surface area contributed by atoms with Crippen LogP contribution in [-0.4, -0.2) is 12.6 Å². The second kappa shape index (κ2) is 5.77. The Morgan fingerprint density at radius 3 is 2.45 bits per heavy atom. The molecule has 0 bridgehead atoms. The molecule has 1 aliphatic rings. The van der Waals surface area contributed by atoms with Gasteiger partial charge in [0.1, 0.15) is 11.9 Å². The summed E-state index contributed by atoms with van der Waals surface area (Å²) in [7, 11) is 0. The lowest BCUT2D eigenvalue weighted by Crippen LogP contribution is -2.31. The summed E-state index contributed by atoms with van der Waals surface area (Å²) in [5.74, 6) is 1.11. The molecule has 1 heterocycles. The van der Waals surface area contributed by atoms with Gasteiger partial charge in [0.2, 0.25) is 0 Å². The van der Waals surface area contributed by atoms with Gasteiger partial charge in [-0.05, 0) is 48.9 Å². The zero-order valence-corrected chi connectivity index (χ0v) is 13.8. The molecule has 0 aliphatic carbocycles. The molecule has 0 saturated heterocycles. The normalized spacial score (nSPS) is 21.7. The van der Waals surface area contributed by atoms with E-state index in [1.807, 2.05) is 0 Å². The summed E-state index contributed by atoms with van der Waals surface area (Å²) in [5, 5.41) is 3.67. The quantitative estimate of drug-likeness (QED) is 0.873. The number of hydrogen-bond donors (Lipinski definition) is 1. The molecular formula is C18H29NO. The summed E-state index contributed by atoms with van der Waals surface area (Å²) in [6, 6.07) is 4.98. The molecule has 1 N–H and O–H groups in total. The Morgan fingerprint density at radius 2 is 1.90 bits per heavy atom. The van der Waals surface area contributed by atoms with E-state index in [4.69, 9.17) is 4.74 Å². The van der Waals surface area contributed by atoms with Crippen LogP contribution < -0.4 is 10.1 Å². The van der Waals surface area contributed by atoms with E-state index in [-0.39, 0.29) is 11.5 Å². The molecule has 0 aromatic heterocycles. The summed E-state index contributed by atoms with van der Waals surface area (Å²) in [4.78, 5) is 0. The summed E-state index contributed by atoms with van der Waals surface area (Å²) < 4.78 is 6.20. The van der Waals surface area contributed by atoms with Crippen molar-refractivity contribution < 1.29 is 4.74 Å². The average molecular weight is 275 g/mol. The fourth-order valence-electron chi connectivity index (χ4n) is 2.91. The van der Waals surface area contributed by atoms with Crippen LogP contribution >= 0.6 is 0 Å². The fourth-order valence-corrected chi connectivity index (χ4v) is 2.91. The van der Waals surface area contributed by atoms with Crippen LogP contribution in [0.3, 0.4) is 0 Å². The number of nitrogens with one attached hydrogen (secondary N) is 1. The van der Waals surface area contributed by atoms with Gasteiger partial charge in [0.05, 0.1) is 6.04 Å². The third kappa shape index (κ3) is 2.85. The maximum Gasteiger partial charge on any atom is 0.127 e. The number of fused-ring (bicyclic) bond motifs is 1.